The van der Waals surface area contributed by atoms with Crippen molar-refractivity contribution in [2.24, 2.45) is 5.73 Å². The summed E-state index contributed by atoms with van der Waals surface area (Å²) in [5, 5.41) is 0. The molecular weight excluding hydrogens is 235 g/mol. The number of rotatable bonds is 1. The molecule has 2 rings (SSSR count). The Bertz CT molecular complexity index is 246. The molecule has 1 aliphatic carbocycles. The molecule has 2 N–H and O–H groups in total. The van der Waals surface area contributed by atoms with Crippen LogP contribution in [0.1, 0.15) is 23.6 Å². The average Bonchev–Trinajstić information content (AvgIpc) is 2.85. The molecule has 0 spiro atoms. The first kappa shape index (κ1) is 15.7. The van der Waals surface area contributed by atoms with Gasteiger partial charge in [-0.3, -0.25) is 0 Å². The largest absolute Gasteiger partial charge is 0.358 e. The van der Waals surface area contributed by atoms with Gasteiger partial charge in [0.05, 0.1) is 0 Å². The van der Waals surface area contributed by atoms with Crippen LogP contribution in [0.3, 0.4) is 0 Å². The molecule has 0 saturated heterocycles. The molecule has 71 valence electrons. The van der Waals surface area contributed by atoms with Crippen molar-refractivity contribution in [2.45, 2.75) is 19.8 Å². The molecule has 0 aliphatic heterocycles. The number of nitrogens with two attached hydrogens (primary N) is 1. The summed E-state index contributed by atoms with van der Waals surface area (Å²) in [7, 11) is 1.50. The van der Waals surface area contributed by atoms with Crippen LogP contribution < -0.4 is 5.73 Å². The zero-order chi connectivity index (χ0) is 8.27. The molecule has 1 radical (unpaired) electrons. The SMILES string of the molecule is CCc1c[c-]cc2c1C2.CN.[CH3-].[Y]. The maximum absolute atomic E-state index is 4.50. The van der Waals surface area contributed by atoms with Gasteiger partial charge in [-0.05, 0) is 7.05 Å². The Kier molecular flexibility index (Phi) is 9.28. The number of benzene rings is 1. The average molecular weight is 252 g/mol. The van der Waals surface area contributed by atoms with Crippen molar-refractivity contribution in [3.8, 4) is 0 Å². The minimum atomic E-state index is 0. The Hall–Kier alpha value is 0.284. The van der Waals surface area contributed by atoms with Gasteiger partial charge < -0.3 is 13.2 Å². The van der Waals surface area contributed by atoms with Crippen molar-refractivity contribution in [3.05, 3.63) is 42.3 Å². The van der Waals surface area contributed by atoms with E-state index in [1.807, 2.05) is 0 Å². The number of hydrogen-bond acceptors (Lipinski definition) is 1. The van der Waals surface area contributed by atoms with E-state index in [4.69, 9.17) is 0 Å². The van der Waals surface area contributed by atoms with Crippen LogP contribution in [0.2, 0.25) is 0 Å². The van der Waals surface area contributed by atoms with Crippen LogP contribution in [0.15, 0.2) is 12.1 Å². The van der Waals surface area contributed by atoms with Gasteiger partial charge in [-0.25, -0.2) is 0 Å². The zero-order valence-electron chi connectivity index (χ0n) is 8.72. The van der Waals surface area contributed by atoms with Gasteiger partial charge in [0.15, 0.2) is 0 Å². The minimum Gasteiger partial charge on any atom is -0.358 e. The molecule has 0 aromatic heterocycles. The van der Waals surface area contributed by atoms with Crippen molar-refractivity contribution < 1.29 is 32.7 Å². The molecule has 1 nitrogen and oxygen atoms in total. The smallest absolute Gasteiger partial charge is 0 e. The second-order valence-electron chi connectivity index (χ2n) is 2.51. The second kappa shape index (κ2) is 7.67. The van der Waals surface area contributed by atoms with Crippen molar-refractivity contribution in [1.82, 2.24) is 0 Å². The maximum atomic E-state index is 4.50. The fourth-order valence-corrected chi connectivity index (χ4v) is 1.25. The van der Waals surface area contributed by atoms with E-state index in [1.54, 1.807) is 5.56 Å². The minimum absolute atomic E-state index is 0. The first-order chi connectivity index (χ1) is 5.42. The molecule has 0 unspecified atom stereocenters. The molecule has 0 heterocycles. The van der Waals surface area contributed by atoms with Gasteiger partial charge in [0.25, 0.3) is 0 Å². The number of hydrogen-bond donors (Lipinski definition) is 1. The van der Waals surface area contributed by atoms with E-state index in [2.05, 4.69) is 30.9 Å². The van der Waals surface area contributed by atoms with Crippen LogP contribution in [0.5, 0.6) is 0 Å². The summed E-state index contributed by atoms with van der Waals surface area (Å²) >= 11 is 0. The quantitative estimate of drug-likeness (QED) is 0.771. The van der Waals surface area contributed by atoms with Crippen LogP contribution in [-0.4, -0.2) is 7.05 Å². The fourth-order valence-electron chi connectivity index (χ4n) is 1.25. The van der Waals surface area contributed by atoms with Gasteiger partial charge in [0.1, 0.15) is 0 Å². The van der Waals surface area contributed by atoms with E-state index in [0.717, 1.165) is 0 Å². The standard InChI is InChI=1S/C9H9.CH5N.CH3.Y/c1-2-7-4-3-5-8-6-9(7)8;1-2;;/h4-5H,2,6H2,1H3;2H2,1H3;1H3;/q-1;;-1;. The molecule has 0 fully saturated rings. The van der Waals surface area contributed by atoms with Crippen molar-refractivity contribution >= 4 is 0 Å². The van der Waals surface area contributed by atoms with E-state index in [-0.39, 0.29) is 40.1 Å². The Morgan fingerprint density at radius 2 is 2.00 bits per heavy atom. The van der Waals surface area contributed by atoms with Crippen LogP contribution in [0.4, 0.5) is 0 Å². The van der Waals surface area contributed by atoms with Crippen LogP contribution in [0.25, 0.3) is 0 Å². The Morgan fingerprint density at radius 3 is 2.46 bits per heavy atom. The topological polar surface area (TPSA) is 26.0 Å². The normalized spacial score (nSPS) is 9.46. The monoisotopic (exact) mass is 252 g/mol. The molecular formula is C11H17NY-2. The third-order valence-electron chi connectivity index (χ3n) is 1.91. The van der Waals surface area contributed by atoms with Crippen LogP contribution in [0, 0.1) is 13.5 Å². The van der Waals surface area contributed by atoms with E-state index < -0.39 is 0 Å². The summed E-state index contributed by atoms with van der Waals surface area (Å²) in [4.78, 5) is 0. The first-order valence-corrected chi connectivity index (χ1v) is 4.00. The summed E-state index contributed by atoms with van der Waals surface area (Å²) in [6.45, 7) is 2.20. The second-order valence-corrected chi connectivity index (χ2v) is 2.51. The van der Waals surface area contributed by atoms with Crippen molar-refractivity contribution in [3.63, 3.8) is 0 Å². The van der Waals surface area contributed by atoms with Gasteiger partial charge in [0, 0.05) is 32.7 Å². The van der Waals surface area contributed by atoms with E-state index >= 15 is 0 Å². The molecule has 0 bridgehead atoms. The Morgan fingerprint density at radius 1 is 1.38 bits per heavy atom. The zero-order valence-corrected chi connectivity index (χ0v) is 11.6. The Balaban J connectivity index is 0. The Labute approximate surface area is 107 Å². The maximum Gasteiger partial charge on any atom is 0 e. The summed E-state index contributed by atoms with van der Waals surface area (Å²) < 4.78 is 0. The van der Waals surface area contributed by atoms with Crippen LogP contribution in [-0.2, 0) is 45.6 Å². The number of fused-ring (bicyclic) bond motifs is 1. The van der Waals surface area contributed by atoms with Gasteiger partial charge >= 0.3 is 0 Å². The summed E-state index contributed by atoms with van der Waals surface area (Å²) in [5.74, 6) is 0. The third kappa shape index (κ3) is 3.89. The fraction of sp³-hybridized carbons (Fsp3) is 0.364. The van der Waals surface area contributed by atoms with E-state index in [0.29, 0.717) is 0 Å². The van der Waals surface area contributed by atoms with Gasteiger partial charge in [0.2, 0.25) is 0 Å². The summed E-state index contributed by atoms with van der Waals surface area (Å²) in [5.41, 5.74) is 9.08. The molecule has 0 saturated carbocycles. The molecule has 1 aliphatic rings. The molecule has 0 atom stereocenters. The van der Waals surface area contributed by atoms with E-state index in [9.17, 15) is 0 Å². The summed E-state index contributed by atoms with van der Waals surface area (Å²) in [6.07, 6.45) is 2.40. The van der Waals surface area contributed by atoms with Gasteiger partial charge in [-0.2, -0.15) is 34.9 Å². The number of aryl methyl sites for hydroxylation is 1. The molecule has 0 amide bonds. The van der Waals surface area contributed by atoms with E-state index in [1.165, 1.54) is 31.0 Å². The molecule has 13 heavy (non-hydrogen) atoms. The van der Waals surface area contributed by atoms with Gasteiger partial charge in [-0.1, -0.05) is 19.8 Å². The predicted molar refractivity (Wildman–Crippen MR) is 54.0 cm³/mol. The molecule has 1 aromatic carbocycles. The molecule has 1 aromatic rings. The van der Waals surface area contributed by atoms with Crippen molar-refractivity contribution in [2.75, 3.05) is 7.05 Å². The first-order valence-electron chi connectivity index (χ1n) is 4.00. The van der Waals surface area contributed by atoms with Crippen LogP contribution >= 0.6 is 0 Å². The molecule has 2 heteroatoms. The van der Waals surface area contributed by atoms with Crippen molar-refractivity contribution in [1.29, 1.82) is 0 Å². The van der Waals surface area contributed by atoms with Gasteiger partial charge in [-0.15, -0.1) is 0 Å². The summed E-state index contributed by atoms with van der Waals surface area (Å²) in [6, 6.07) is 7.33. The third-order valence-corrected chi connectivity index (χ3v) is 1.91. The predicted octanol–water partition coefficient (Wildman–Crippen LogP) is 1.98.